The fraction of sp³-hybridized carbons (Fsp3) is 0.550. The zero-order valence-electron chi connectivity index (χ0n) is 14.9. The van der Waals surface area contributed by atoms with Gasteiger partial charge >= 0.3 is 5.97 Å². The lowest BCUT2D eigenvalue weighted by Crippen LogP contribution is -2.37. The van der Waals surface area contributed by atoms with Gasteiger partial charge in [0.2, 0.25) is 0 Å². The number of rotatable bonds is 5. The van der Waals surface area contributed by atoms with E-state index in [4.69, 9.17) is 14.2 Å². The molecule has 5 atom stereocenters. The number of hydrogen-bond acceptors (Lipinski definition) is 4. The van der Waals surface area contributed by atoms with E-state index in [9.17, 15) is 4.79 Å². The minimum Gasteiger partial charge on any atom is -0.466 e. The van der Waals surface area contributed by atoms with E-state index >= 15 is 0 Å². The van der Waals surface area contributed by atoms with Crippen LogP contribution >= 0.6 is 15.9 Å². The topological polar surface area (TPSA) is 44.8 Å². The minimum atomic E-state index is -0.231. The monoisotopic (exact) mass is 408 g/mol. The highest BCUT2D eigenvalue weighted by molar-refractivity contribution is 9.10. The molecule has 136 valence electrons. The van der Waals surface area contributed by atoms with E-state index in [0.29, 0.717) is 0 Å². The molecule has 0 saturated carbocycles. The summed E-state index contributed by atoms with van der Waals surface area (Å²) < 4.78 is 18.0. The van der Waals surface area contributed by atoms with Crippen LogP contribution in [0.5, 0.6) is 0 Å². The Balaban J connectivity index is 1.91. The van der Waals surface area contributed by atoms with Gasteiger partial charge in [0.25, 0.3) is 0 Å². The van der Waals surface area contributed by atoms with Gasteiger partial charge in [-0.15, -0.1) is 0 Å². The average molecular weight is 409 g/mol. The van der Waals surface area contributed by atoms with Gasteiger partial charge < -0.3 is 14.2 Å². The Morgan fingerprint density at radius 2 is 2.08 bits per heavy atom. The number of hydrogen-bond donors (Lipinski definition) is 0. The second-order valence-corrected chi connectivity index (χ2v) is 7.67. The average Bonchev–Trinajstić information content (AvgIpc) is 3.03. The third kappa shape index (κ3) is 3.55. The van der Waals surface area contributed by atoms with Crippen molar-refractivity contribution in [2.24, 2.45) is 17.8 Å². The largest absolute Gasteiger partial charge is 0.466 e. The molecular formula is C20H25BrO4. The predicted molar refractivity (Wildman–Crippen MR) is 99.1 cm³/mol. The van der Waals surface area contributed by atoms with Crippen LogP contribution in [0.2, 0.25) is 0 Å². The summed E-state index contributed by atoms with van der Waals surface area (Å²) in [5.41, 5.74) is 1.89. The Morgan fingerprint density at radius 1 is 1.32 bits per heavy atom. The molecule has 2 aliphatic rings. The minimum absolute atomic E-state index is 0.0259. The van der Waals surface area contributed by atoms with Gasteiger partial charge in [-0.3, -0.25) is 0 Å². The van der Waals surface area contributed by atoms with Crippen LogP contribution in [-0.2, 0) is 19.0 Å². The quantitative estimate of drug-likeness (QED) is 0.681. The second kappa shape index (κ2) is 8.02. The summed E-state index contributed by atoms with van der Waals surface area (Å²) in [5, 5.41) is 0. The molecule has 1 aromatic carbocycles. The van der Waals surface area contributed by atoms with Crippen molar-refractivity contribution >= 4 is 21.9 Å². The summed E-state index contributed by atoms with van der Waals surface area (Å²) in [4.78, 5) is 12.2. The summed E-state index contributed by atoms with van der Waals surface area (Å²) in [6, 6.07) is 8.12. The fourth-order valence-corrected chi connectivity index (χ4v) is 4.77. The van der Waals surface area contributed by atoms with E-state index in [1.165, 1.54) is 7.11 Å². The summed E-state index contributed by atoms with van der Waals surface area (Å²) in [5.74, 6) is 0.184. The molecule has 0 bridgehead atoms. The van der Waals surface area contributed by atoms with Crippen LogP contribution in [0.3, 0.4) is 0 Å². The Hall–Kier alpha value is -1.17. The van der Waals surface area contributed by atoms with Gasteiger partial charge in [-0.25, -0.2) is 4.79 Å². The molecule has 1 aromatic rings. The third-order valence-electron chi connectivity index (χ3n) is 5.49. The molecule has 1 aliphatic heterocycles. The highest BCUT2D eigenvalue weighted by atomic mass is 79.9. The van der Waals surface area contributed by atoms with Crippen molar-refractivity contribution in [1.82, 2.24) is 0 Å². The fourth-order valence-electron chi connectivity index (χ4n) is 4.26. The van der Waals surface area contributed by atoms with Gasteiger partial charge in [0, 0.05) is 35.6 Å². The molecular weight excluding hydrogens is 384 g/mol. The zero-order valence-corrected chi connectivity index (χ0v) is 16.5. The van der Waals surface area contributed by atoms with Crippen LogP contribution in [0.15, 0.2) is 40.4 Å². The second-order valence-electron chi connectivity index (χ2n) is 6.81. The number of esters is 1. The molecule has 0 aromatic heterocycles. The predicted octanol–water partition coefficient (Wildman–Crippen LogP) is 4.30. The number of fused-ring (bicyclic) bond motifs is 1. The van der Waals surface area contributed by atoms with Crippen molar-refractivity contribution in [2.75, 3.05) is 20.8 Å². The van der Waals surface area contributed by atoms with Crippen molar-refractivity contribution in [3.63, 3.8) is 0 Å². The van der Waals surface area contributed by atoms with Crippen molar-refractivity contribution in [3.05, 3.63) is 46.0 Å². The van der Waals surface area contributed by atoms with Gasteiger partial charge in [-0.05, 0) is 30.4 Å². The molecule has 1 aliphatic carbocycles. The molecule has 1 saturated heterocycles. The molecule has 0 N–H and O–H groups in total. The number of benzene rings is 1. The van der Waals surface area contributed by atoms with Gasteiger partial charge in [0.05, 0.1) is 19.3 Å². The van der Waals surface area contributed by atoms with E-state index in [1.807, 2.05) is 18.2 Å². The molecule has 1 heterocycles. The Bertz CT molecular complexity index is 657. The smallest absolute Gasteiger partial charge is 0.333 e. The first-order valence-electron chi connectivity index (χ1n) is 8.77. The van der Waals surface area contributed by atoms with E-state index in [-0.39, 0.29) is 35.9 Å². The van der Waals surface area contributed by atoms with Crippen LogP contribution in [0, 0.1) is 17.8 Å². The van der Waals surface area contributed by atoms with Crippen LogP contribution in [0.25, 0.3) is 0 Å². The lowest BCUT2D eigenvalue weighted by Gasteiger charge is -2.36. The maximum atomic E-state index is 12.2. The van der Waals surface area contributed by atoms with Crippen molar-refractivity contribution in [2.45, 2.75) is 32.0 Å². The summed E-state index contributed by atoms with van der Waals surface area (Å²) >= 11 is 3.63. The number of halogens is 1. The van der Waals surface area contributed by atoms with E-state index in [1.54, 1.807) is 7.11 Å². The van der Waals surface area contributed by atoms with Crippen molar-refractivity contribution < 1.29 is 19.0 Å². The van der Waals surface area contributed by atoms with Gasteiger partial charge in [0.15, 0.2) is 0 Å². The number of ether oxygens (including phenoxy) is 3. The first kappa shape index (κ1) is 18.6. The van der Waals surface area contributed by atoms with Crippen LogP contribution in [0.1, 0.15) is 31.4 Å². The third-order valence-corrected chi connectivity index (χ3v) is 6.21. The van der Waals surface area contributed by atoms with E-state index in [0.717, 1.165) is 35.1 Å². The molecule has 5 heteroatoms. The molecule has 3 rings (SSSR count). The highest BCUT2D eigenvalue weighted by Crippen LogP contribution is 2.46. The summed E-state index contributed by atoms with van der Waals surface area (Å²) in [7, 11) is 3.18. The van der Waals surface area contributed by atoms with E-state index < -0.39 is 0 Å². The molecule has 1 fully saturated rings. The van der Waals surface area contributed by atoms with Crippen LogP contribution < -0.4 is 0 Å². The van der Waals surface area contributed by atoms with Crippen molar-refractivity contribution in [3.8, 4) is 0 Å². The molecule has 0 radical (unpaired) electrons. The molecule has 0 unspecified atom stereocenters. The van der Waals surface area contributed by atoms with Gasteiger partial charge in [-0.1, -0.05) is 47.1 Å². The standard InChI is InChI=1S/C20H25BrO4/c1-12(18(23-2)14-7-4-5-9-17(14)21)15-11-16(20(22)24-3)13-8-6-10-25-19(13)15/h4-5,7,9,11-13,15,18-19H,6,8,10H2,1-3H3/t12-,13-,15+,18+,19-/m0/s1. The van der Waals surface area contributed by atoms with Gasteiger partial charge in [-0.2, -0.15) is 0 Å². The SMILES string of the molecule is COC(=O)C1=C[C@H]([C@H](C)[C@@H](OC)c2ccccc2Br)[C@H]2OCCC[C@@H]12. The molecule has 25 heavy (non-hydrogen) atoms. The number of methoxy groups -OCH3 is 2. The molecule has 4 nitrogen and oxygen atoms in total. The normalized spacial score (nSPS) is 28.0. The van der Waals surface area contributed by atoms with Crippen molar-refractivity contribution in [1.29, 1.82) is 0 Å². The zero-order chi connectivity index (χ0) is 18.0. The lowest BCUT2D eigenvalue weighted by atomic mass is 9.80. The first-order chi connectivity index (χ1) is 12.1. The van der Waals surface area contributed by atoms with Crippen LogP contribution in [0.4, 0.5) is 0 Å². The van der Waals surface area contributed by atoms with E-state index in [2.05, 4.69) is 35.0 Å². The summed E-state index contributed by atoms with van der Waals surface area (Å²) in [6.07, 6.45) is 3.97. The van der Waals surface area contributed by atoms with Gasteiger partial charge in [0.1, 0.15) is 0 Å². The Labute approximate surface area is 157 Å². The number of carbonyl (C=O) groups is 1. The highest BCUT2D eigenvalue weighted by Gasteiger charge is 2.46. The Morgan fingerprint density at radius 3 is 2.76 bits per heavy atom. The maximum Gasteiger partial charge on any atom is 0.333 e. The van der Waals surface area contributed by atoms with Crippen LogP contribution in [-0.4, -0.2) is 32.9 Å². The summed E-state index contributed by atoms with van der Waals surface area (Å²) in [6.45, 7) is 2.92. The maximum absolute atomic E-state index is 12.2. The first-order valence-corrected chi connectivity index (χ1v) is 9.56. The Kier molecular flexibility index (Phi) is 5.97. The lowest BCUT2D eigenvalue weighted by molar-refractivity contribution is -0.137. The number of carbonyl (C=O) groups excluding carboxylic acids is 1. The molecule has 0 spiro atoms. The molecule has 0 amide bonds.